The fourth-order valence-electron chi connectivity index (χ4n) is 2.05. The molecule has 1 aliphatic rings. The van der Waals surface area contributed by atoms with Crippen molar-refractivity contribution >= 4 is 22.3 Å². The predicted octanol–water partition coefficient (Wildman–Crippen LogP) is -0.213. The molecule has 1 amide bonds. The van der Waals surface area contributed by atoms with Crippen LogP contribution in [-0.2, 0) is 24.5 Å². The van der Waals surface area contributed by atoms with Crippen molar-refractivity contribution in [3.8, 4) is 0 Å². The van der Waals surface area contributed by atoms with E-state index < -0.39 is 40.3 Å². The van der Waals surface area contributed by atoms with Crippen LogP contribution < -0.4 is 4.72 Å². The molecule has 0 saturated carbocycles. The zero-order valence-electron chi connectivity index (χ0n) is 12.1. The number of carboxylic acid groups (broad SMARTS) is 1. The maximum Gasteiger partial charge on any atom is 0.422 e. The highest BCUT2D eigenvalue weighted by atomic mass is 32.2. The number of carbonyl (C=O) groups is 2. The molecule has 0 radical (unpaired) electrons. The normalized spacial score (nSPS) is 22.5. The number of carboxylic acids is 1. The summed E-state index contributed by atoms with van der Waals surface area (Å²) in [4.78, 5) is 22.5. The molecular weight excluding hydrogens is 304 g/mol. The van der Waals surface area contributed by atoms with E-state index in [-0.39, 0.29) is 19.8 Å². The lowest BCUT2D eigenvalue weighted by Crippen LogP contribution is -2.52. The van der Waals surface area contributed by atoms with Crippen LogP contribution in [0.4, 0.5) is 4.79 Å². The summed E-state index contributed by atoms with van der Waals surface area (Å²) in [5.74, 6) is -2.11. The molecule has 0 aliphatic carbocycles. The van der Waals surface area contributed by atoms with Crippen LogP contribution in [0.2, 0.25) is 0 Å². The van der Waals surface area contributed by atoms with Crippen molar-refractivity contribution in [2.45, 2.75) is 32.9 Å². The van der Waals surface area contributed by atoms with Gasteiger partial charge in [0.25, 0.3) is 0 Å². The topological polar surface area (TPSA) is 122 Å². The highest BCUT2D eigenvalue weighted by molar-refractivity contribution is 7.87. The maximum absolute atomic E-state index is 12.2. The number of hydrogen-bond acceptors (Lipinski definition) is 6. The summed E-state index contributed by atoms with van der Waals surface area (Å²) < 4.78 is 36.8. The van der Waals surface area contributed by atoms with Crippen molar-refractivity contribution in [3.63, 3.8) is 0 Å². The Morgan fingerprint density at radius 1 is 1.43 bits per heavy atom. The van der Waals surface area contributed by atoms with Gasteiger partial charge in [0.2, 0.25) is 0 Å². The van der Waals surface area contributed by atoms with E-state index in [1.54, 1.807) is 25.5 Å². The van der Waals surface area contributed by atoms with Crippen LogP contribution in [0.15, 0.2) is 0 Å². The molecule has 0 aromatic carbocycles. The van der Waals surface area contributed by atoms with E-state index in [1.165, 1.54) is 0 Å². The van der Waals surface area contributed by atoms with Crippen LogP contribution in [0.5, 0.6) is 0 Å². The zero-order chi connectivity index (χ0) is 16.2. The third kappa shape index (κ3) is 4.55. The van der Waals surface area contributed by atoms with Crippen LogP contribution in [0.25, 0.3) is 0 Å². The molecule has 1 rings (SSSR count). The first-order valence-electron chi connectivity index (χ1n) is 6.49. The average Bonchev–Trinajstić information content (AvgIpc) is 2.76. The molecule has 2 unspecified atom stereocenters. The fraction of sp³-hybridized carbons (Fsp3) is 0.818. The molecule has 2 N–H and O–H groups in total. The summed E-state index contributed by atoms with van der Waals surface area (Å²) in [5.41, 5.74) is 0. The molecule has 1 fully saturated rings. The monoisotopic (exact) mass is 324 g/mol. The average molecular weight is 324 g/mol. The zero-order valence-corrected chi connectivity index (χ0v) is 12.9. The van der Waals surface area contributed by atoms with Crippen molar-refractivity contribution in [2.24, 2.45) is 5.92 Å². The summed E-state index contributed by atoms with van der Waals surface area (Å²) in [6, 6.07) is -0.864. The molecule has 1 saturated heterocycles. The molecule has 0 bridgehead atoms. The van der Waals surface area contributed by atoms with Crippen molar-refractivity contribution in [1.29, 1.82) is 0 Å². The van der Waals surface area contributed by atoms with Gasteiger partial charge < -0.3 is 14.6 Å². The van der Waals surface area contributed by atoms with Crippen LogP contribution in [0.3, 0.4) is 0 Å². The molecule has 0 aromatic heterocycles. The van der Waals surface area contributed by atoms with E-state index in [0.29, 0.717) is 0 Å². The van der Waals surface area contributed by atoms with Crippen LogP contribution in [0, 0.1) is 5.92 Å². The predicted molar refractivity (Wildman–Crippen MR) is 71.8 cm³/mol. The lowest BCUT2D eigenvalue weighted by Gasteiger charge is -2.28. The minimum Gasteiger partial charge on any atom is -0.481 e. The van der Waals surface area contributed by atoms with Gasteiger partial charge in [-0.1, -0.05) is 6.92 Å². The Morgan fingerprint density at radius 3 is 2.52 bits per heavy atom. The van der Waals surface area contributed by atoms with Gasteiger partial charge in [-0.15, -0.1) is 0 Å². The molecule has 10 heteroatoms. The standard InChI is InChI=1S/C11H20N2O7S/c1-4-13(9-6-19-5-8(9)10(14)15)21(17,18)12-11(16)20-7(2)3/h7-9H,4-6H2,1-3H3,(H,12,16)(H,14,15). The Hall–Kier alpha value is -1.39. The van der Waals surface area contributed by atoms with Gasteiger partial charge in [0, 0.05) is 6.54 Å². The minimum absolute atomic E-state index is 0.00208. The summed E-state index contributed by atoms with van der Waals surface area (Å²) in [7, 11) is -4.20. The van der Waals surface area contributed by atoms with Crippen molar-refractivity contribution in [1.82, 2.24) is 9.03 Å². The van der Waals surface area contributed by atoms with E-state index in [9.17, 15) is 18.0 Å². The quantitative estimate of drug-likeness (QED) is 0.693. The fourth-order valence-corrected chi connectivity index (χ4v) is 3.33. The van der Waals surface area contributed by atoms with Gasteiger partial charge in [-0.25, -0.2) is 9.52 Å². The first kappa shape index (κ1) is 17.7. The Balaban J connectivity index is 2.87. The molecule has 122 valence electrons. The van der Waals surface area contributed by atoms with Crippen molar-refractivity contribution < 1.29 is 32.6 Å². The first-order chi connectivity index (χ1) is 9.69. The third-order valence-electron chi connectivity index (χ3n) is 2.91. The summed E-state index contributed by atoms with van der Waals surface area (Å²) in [5, 5.41) is 9.08. The number of aliphatic carboxylic acids is 1. The molecular formula is C11H20N2O7S. The van der Waals surface area contributed by atoms with Gasteiger partial charge in [0.05, 0.1) is 31.3 Å². The minimum atomic E-state index is -4.20. The van der Waals surface area contributed by atoms with Crippen molar-refractivity contribution in [3.05, 3.63) is 0 Å². The number of nitrogens with zero attached hydrogens (tertiary/aromatic N) is 1. The Labute approximate surface area is 123 Å². The highest BCUT2D eigenvalue weighted by Crippen LogP contribution is 2.22. The van der Waals surface area contributed by atoms with Gasteiger partial charge in [0.1, 0.15) is 0 Å². The lowest BCUT2D eigenvalue weighted by atomic mass is 10.0. The lowest BCUT2D eigenvalue weighted by molar-refractivity contribution is -0.142. The number of likely N-dealkylation sites (N-methyl/N-ethyl adjacent to an activating group) is 1. The van der Waals surface area contributed by atoms with Crippen molar-refractivity contribution in [2.75, 3.05) is 19.8 Å². The maximum atomic E-state index is 12.2. The van der Waals surface area contributed by atoms with Gasteiger partial charge >= 0.3 is 22.3 Å². The van der Waals surface area contributed by atoms with E-state index in [0.717, 1.165) is 4.31 Å². The van der Waals surface area contributed by atoms with Gasteiger partial charge in [0.15, 0.2) is 0 Å². The molecule has 0 spiro atoms. The second-order valence-electron chi connectivity index (χ2n) is 4.81. The number of hydrogen-bond donors (Lipinski definition) is 2. The second kappa shape index (κ2) is 7.05. The van der Waals surface area contributed by atoms with Gasteiger partial charge in [-0.3, -0.25) is 4.79 Å². The van der Waals surface area contributed by atoms with E-state index in [1.807, 2.05) is 0 Å². The molecule has 9 nitrogen and oxygen atoms in total. The molecule has 21 heavy (non-hydrogen) atoms. The Bertz CT molecular complexity index is 491. The summed E-state index contributed by atoms with van der Waals surface area (Å²) in [6.45, 7) is 4.60. The largest absolute Gasteiger partial charge is 0.481 e. The second-order valence-corrected chi connectivity index (χ2v) is 6.44. The Kier molecular flexibility index (Phi) is 5.93. The van der Waals surface area contributed by atoms with Crippen LogP contribution in [-0.4, -0.2) is 61.8 Å². The van der Waals surface area contributed by atoms with E-state index >= 15 is 0 Å². The smallest absolute Gasteiger partial charge is 0.422 e. The number of nitrogens with one attached hydrogen (secondary N) is 1. The van der Waals surface area contributed by atoms with Crippen LogP contribution in [0.1, 0.15) is 20.8 Å². The molecule has 0 aromatic rings. The van der Waals surface area contributed by atoms with Gasteiger partial charge in [-0.2, -0.15) is 12.7 Å². The Morgan fingerprint density at radius 2 is 2.05 bits per heavy atom. The molecule has 2 atom stereocenters. The van der Waals surface area contributed by atoms with E-state index in [4.69, 9.17) is 14.6 Å². The number of carbonyl (C=O) groups excluding carboxylic acids is 1. The number of ether oxygens (including phenoxy) is 2. The van der Waals surface area contributed by atoms with E-state index in [2.05, 4.69) is 0 Å². The SMILES string of the molecule is CCN(C1COCC1C(=O)O)S(=O)(=O)NC(=O)OC(C)C. The summed E-state index contributed by atoms with van der Waals surface area (Å²) >= 11 is 0. The van der Waals surface area contributed by atoms with Crippen LogP contribution >= 0.6 is 0 Å². The number of amides is 1. The molecule has 1 aliphatic heterocycles. The first-order valence-corrected chi connectivity index (χ1v) is 7.93. The van der Waals surface area contributed by atoms with Gasteiger partial charge in [-0.05, 0) is 13.8 Å². The third-order valence-corrected chi connectivity index (χ3v) is 4.48. The highest BCUT2D eigenvalue weighted by Gasteiger charge is 2.42. The number of rotatable bonds is 6. The molecule has 1 heterocycles. The summed E-state index contributed by atoms with van der Waals surface area (Å²) in [6.07, 6.45) is -1.58.